The van der Waals surface area contributed by atoms with Crippen LogP contribution < -0.4 is 29.6 Å². The minimum Gasteiger partial charge on any atom is -0.745 e. The Morgan fingerprint density at radius 3 is 0.867 bits per heavy atom. The Balaban J connectivity index is 0. The summed E-state index contributed by atoms with van der Waals surface area (Å²) in [5, 5.41) is -8.37. The van der Waals surface area contributed by atoms with Gasteiger partial charge in [-0.25, -0.2) is 12.8 Å². The average molecular weight is 522 g/mol. The molecule has 0 N–H and O–H groups in total. The molecule has 0 heterocycles. The fraction of sp³-hybridized carbons (Fsp3) is 1.00. The molecule has 0 amide bonds. The molecule has 0 radical (unpaired) electrons. The number of alkyl halides is 17. The van der Waals surface area contributed by atoms with Crippen molar-refractivity contribution in [2.24, 2.45) is 0 Å². The molecule has 0 aliphatic heterocycles. The molecule has 30 heavy (non-hydrogen) atoms. The van der Waals surface area contributed by atoms with Crippen molar-refractivity contribution < 1.29 is 117 Å². The van der Waals surface area contributed by atoms with Gasteiger partial charge in [-0.1, -0.05) is 0 Å². The summed E-state index contributed by atoms with van der Waals surface area (Å²) in [4.78, 5) is 0. The smallest absolute Gasteiger partial charge is 0.745 e. The predicted octanol–water partition coefficient (Wildman–Crippen LogP) is 1.50. The summed E-state index contributed by atoms with van der Waals surface area (Å²) >= 11 is 0. The molecule has 0 saturated heterocycles. The van der Waals surface area contributed by atoms with E-state index in [1.165, 1.54) is 0 Å². The maximum atomic E-state index is 13.3. The minimum absolute atomic E-state index is 0. The van der Waals surface area contributed by atoms with Gasteiger partial charge in [-0.2, -0.15) is 70.2 Å². The van der Waals surface area contributed by atoms with E-state index in [-0.39, 0.29) is 29.6 Å². The van der Waals surface area contributed by atoms with Crippen LogP contribution in [0, 0.1) is 0 Å². The topological polar surface area (TPSA) is 57.2 Å². The van der Waals surface area contributed by atoms with Crippen molar-refractivity contribution in [3.8, 4) is 0 Å². The molecule has 1 atom stereocenters. The maximum Gasteiger partial charge on any atom is 1.00 e. The van der Waals surface area contributed by atoms with Gasteiger partial charge in [-0.3, -0.25) is 0 Å². The Bertz CT molecular complexity index is 737. The van der Waals surface area contributed by atoms with Crippen LogP contribution >= 0.6 is 0 Å². The summed E-state index contributed by atoms with van der Waals surface area (Å²) < 4.78 is 245. The third-order valence-electron chi connectivity index (χ3n) is 3.05. The van der Waals surface area contributed by atoms with E-state index in [0.29, 0.717) is 0 Å². The number of rotatable bonds is 6. The van der Waals surface area contributed by atoms with Crippen molar-refractivity contribution in [3.63, 3.8) is 0 Å². The van der Waals surface area contributed by atoms with Gasteiger partial charge in [0.15, 0.2) is 0 Å². The third kappa shape index (κ3) is 3.85. The average Bonchev–Trinajstić information content (AvgIpc) is 2.41. The van der Waals surface area contributed by atoms with Gasteiger partial charge in [0.1, 0.15) is 10.1 Å². The second-order valence-corrected chi connectivity index (χ2v) is 6.39. The van der Waals surface area contributed by atoms with Gasteiger partial charge in [0.25, 0.3) is 0 Å². The fourth-order valence-electron chi connectivity index (χ4n) is 1.45. The van der Waals surface area contributed by atoms with Gasteiger partial charge in [-0.15, -0.1) is 0 Å². The van der Waals surface area contributed by atoms with Crippen LogP contribution in [0.5, 0.6) is 0 Å². The zero-order chi connectivity index (χ0) is 24.5. The predicted molar refractivity (Wildman–Crippen MR) is 50.4 cm³/mol. The van der Waals surface area contributed by atoms with Crippen LogP contribution in [-0.2, 0) is 10.1 Å². The van der Waals surface area contributed by atoms with E-state index in [0.717, 1.165) is 0 Å². The first-order chi connectivity index (χ1) is 12.0. The van der Waals surface area contributed by atoms with E-state index in [9.17, 15) is 87.6 Å². The number of hydrogen-bond acceptors (Lipinski definition) is 3. The SMILES string of the molecule is O=S(=O)([O-])C(F)(C(F)(F)F)C(F)(F)C(F)(F)C(F)(F)C(F)(F)C(F)(F)C(F)(F)F.[Na+]. The molecule has 0 aromatic heterocycles. The van der Waals surface area contributed by atoms with E-state index in [2.05, 4.69) is 0 Å². The Morgan fingerprint density at radius 2 is 0.667 bits per heavy atom. The molecule has 1 unspecified atom stereocenters. The van der Waals surface area contributed by atoms with Gasteiger partial charge in [0.2, 0.25) is 0 Å². The van der Waals surface area contributed by atoms with Crippen molar-refractivity contribution in [1.82, 2.24) is 0 Å². The molecule has 0 saturated carbocycles. The second-order valence-electron chi connectivity index (χ2n) is 4.92. The quantitative estimate of drug-likeness (QED) is 0.302. The maximum absolute atomic E-state index is 13.3. The first-order valence-corrected chi connectivity index (χ1v) is 7.08. The van der Waals surface area contributed by atoms with Crippen LogP contribution in [-0.4, -0.2) is 59.9 Å². The molecule has 0 rings (SSSR count). The molecule has 0 fully saturated rings. The molecule has 0 bridgehead atoms. The van der Waals surface area contributed by atoms with Crippen LogP contribution in [0.25, 0.3) is 0 Å². The van der Waals surface area contributed by atoms with E-state index < -0.39 is 57.1 Å². The summed E-state index contributed by atoms with van der Waals surface area (Å²) in [6.45, 7) is 0. The zero-order valence-corrected chi connectivity index (χ0v) is 15.9. The van der Waals surface area contributed by atoms with Crippen molar-refractivity contribution in [1.29, 1.82) is 0 Å². The van der Waals surface area contributed by atoms with Crippen LogP contribution in [0.3, 0.4) is 0 Å². The Hall–Kier alpha value is -0.280. The van der Waals surface area contributed by atoms with Crippen molar-refractivity contribution in [3.05, 3.63) is 0 Å². The van der Waals surface area contributed by atoms with Crippen molar-refractivity contribution >= 4 is 10.1 Å². The van der Waals surface area contributed by atoms with E-state index in [1.807, 2.05) is 0 Å². The largest absolute Gasteiger partial charge is 1.00 e. The molecule has 176 valence electrons. The van der Waals surface area contributed by atoms with Gasteiger partial charge in [0.05, 0.1) is 0 Å². The molecule has 0 aliphatic rings. The van der Waals surface area contributed by atoms with Gasteiger partial charge in [-0.05, 0) is 0 Å². The second kappa shape index (κ2) is 7.65. The van der Waals surface area contributed by atoms with Crippen LogP contribution in [0.2, 0.25) is 0 Å². The molecular weight excluding hydrogens is 522 g/mol. The summed E-state index contributed by atoms with van der Waals surface area (Å²) in [6.07, 6.45) is -16.0. The van der Waals surface area contributed by atoms with Crippen LogP contribution in [0.4, 0.5) is 74.6 Å². The standard InChI is InChI=1S/C8HF17O3S.Na/c9-1(10,3(13,14)5(17,18)7(20,21)22)2(11,12)4(15,16)6(19,8(23,24)25)29(26,27)28;/h(H,26,27,28);/q;+1/p-1. The summed E-state index contributed by atoms with van der Waals surface area (Å²) in [5.41, 5.74) is 0. The Kier molecular flexibility index (Phi) is 8.13. The molecule has 0 aliphatic carbocycles. The molecule has 22 heteroatoms. The van der Waals surface area contributed by atoms with E-state index in [4.69, 9.17) is 0 Å². The van der Waals surface area contributed by atoms with Crippen molar-refractivity contribution in [2.75, 3.05) is 0 Å². The number of halogens is 17. The van der Waals surface area contributed by atoms with Gasteiger partial charge in [0, 0.05) is 0 Å². The van der Waals surface area contributed by atoms with Crippen molar-refractivity contribution in [2.45, 2.75) is 47.0 Å². The first kappa shape index (κ1) is 31.9. The fourth-order valence-corrected chi connectivity index (χ4v) is 2.17. The first-order valence-electron chi connectivity index (χ1n) is 5.67. The summed E-state index contributed by atoms with van der Waals surface area (Å²) in [6, 6.07) is 0. The molecule has 0 aromatic rings. The zero-order valence-electron chi connectivity index (χ0n) is 13.1. The number of hydrogen-bond donors (Lipinski definition) is 0. The summed E-state index contributed by atoms with van der Waals surface area (Å²) in [5.74, 6) is -43.8. The van der Waals surface area contributed by atoms with E-state index >= 15 is 0 Å². The molecule has 0 aromatic carbocycles. The molecule has 0 spiro atoms. The summed E-state index contributed by atoms with van der Waals surface area (Å²) in [7, 11) is -8.59. The monoisotopic (exact) mass is 522 g/mol. The minimum atomic E-state index is -8.97. The third-order valence-corrected chi connectivity index (χ3v) is 4.22. The Labute approximate surface area is 174 Å². The molecule has 3 nitrogen and oxygen atoms in total. The normalized spacial score (nSPS) is 17.9. The van der Waals surface area contributed by atoms with Crippen LogP contribution in [0.15, 0.2) is 0 Å². The Morgan fingerprint density at radius 1 is 0.433 bits per heavy atom. The van der Waals surface area contributed by atoms with Gasteiger partial charge < -0.3 is 4.55 Å². The van der Waals surface area contributed by atoms with E-state index in [1.54, 1.807) is 0 Å². The molecular formula is C8F17NaO3S. The van der Waals surface area contributed by atoms with Crippen LogP contribution in [0.1, 0.15) is 0 Å². The van der Waals surface area contributed by atoms with Gasteiger partial charge >= 0.3 is 76.5 Å².